The summed E-state index contributed by atoms with van der Waals surface area (Å²) in [7, 11) is 0. The van der Waals surface area contributed by atoms with Gasteiger partial charge in [-0.15, -0.1) is 0 Å². The van der Waals surface area contributed by atoms with Gasteiger partial charge >= 0.3 is 30.0 Å². The number of rotatable bonds is 4. The van der Waals surface area contributed by atoms with Gasteiger partial charge in [0.1, 0.15) is 0 Å². The van der Waals surface area contributed by atoms with Gasteiger partial charge in [-0.1, -0.05) is 6.92 Å². The van der Waals surface area contributed by atoms with Crippen LogP contribution in [0.3, 0.4) is 0 Å². The summed E-state index contributed by atoms with van der Waals surface area (Å²) >= 11 is 0. The minimum absolute atomic E-state index is 0.197. The highest BCUT2D eigenvalue weighted by molar-refractivity contribution is 5.76. The highest BCUT2D eigenvalue weighted by atomic mass is 19.4. The van der Waals surface area contributed by atoms with Crippen molar-refractivity contribution in [1.29, 1.82) is 0 Å². The van der Waals surface area contributed by atoms with Crippen molar-refractivity contribution >= 4 is 5.97 Å². The molecule has 0 aromatic heterocycles. The summed E-state index contributed by atoms with van der Waals surface area (Å²) in [5, 5.41) is 9.31. The molecule has 14 heteroatoms. The van der Waals surface area contributed by atoms with E-state index in [2.05, 4.69) is 9.47 Å². The summed E-state index contributed by atoms with van der Waals surface area (Å²) in [5.41, 5.74) is -11.2. The van der Waals surface area contributed by atoms with Crippen LogP contribution >= 0.6 is 0 Å². The van der Waals surface area contributed by atoms with Crippen LogP contribution in [-0.4, -0.2) is 52.8 Å². The van der Waals surface area contributed by atoms with Crippen LogP contribution in [-0.2, 0) is 14.3 Å². The number of halogens is 10. The largest absolute Gasteiger partial charge is 0.449 e. The van der Waals surface area contributed by atoms with Crippen molar-refractivity contribution in [2.45, 2.75) is 82.2 Å². The molecule has 0 saturated carbocycles. The van der Waals surface area contributed by atoms with Gasteiger partial charge in [-0.25, -0.2) is 17.6 Å². The molecule has 0 aromatic rings. The lowest BCUT2D eigenvalue weighted by atomic mass is 9.73. The summed E-state index contributed by atoms with van der Waals surface area (Å²) in [6, 6.07) is 0. The van der Waals surface area contributed by atoms with E-state index in [0.717, 1.165) is 13.8 Å². The molecule has 1 rings (SSSR count). The fourth-order valence-corrected chi connectivity index (χ4v) is 2.55. The molecule has 1 aliphatic heterocycles. The summed E-state index contributed by atoms with van der Waals surface area (Å²) in [6.07, 6.45) is -20.5. The molecule has 29 heavy (non-hydrogen) atoms. The second-order valence-corrected chi connectivity index (χ2v) is 7.47. The first kappa shape index (κ1) is 25.7. The van der Waals surface area contributed by atoms with Gasteiger partial charge in [0.15, 0.2) is 0 Å². The van der Waals surface area contributed by atoms with Crippen LogP contribution in [0.15, 0.2) is 0 Å². The molecule has 3 unspecified atom stereocenters. The van der Waals surface area contributed by atoms with E-state index in [1.807, 2.05) is 0 Å². The Morgan fingerprint density at radius 3 is 1.86 bits per heavy atom. The number of aliphatic hydroxyl groups is 1. The third-order valence-electron chi connectivity index (χ3n) is 5.13. The smallest absolute Gasteiger partial charge is 0.449 e. The second-order valence-electron chi connectivity index (χ2n) is 7.47. The Balaban J connectivity index is 3.81. The van der Waals surface area contributed by atoms with Gasteiger partial charge in [-0.2, -0.15) is 26.3 Å². The maximum absolute atomic E-state index is 14.2. The van der Waals surface area contributed by atoms with Crippen molar-refractivity contribution in [3.05, 3.63) is 0 Å². The predicted octanol–water partition coefficient (Wildman–Crippen LogP) is 4.60. The number of carbonyl (C=O) groups excluding carboxylic acids is 1. The van der Waals surface area contributed by atoms with E-state index < -0.39 is 66.4 Å². The lowest BCUT2D eigenvalue weighted by molar-refractivity contribution is -0.520. The fourth-order valence-electron chi connectivity index (χ4n) is 2.55. The number of hydrogen-bond donors (Lipinski definition) is 1. The van der Waals surface area contributed by atoms with E-state index in [4.69, 9.17) is 0 Å². The van der Waals surface area contributed by atoms with Gasteiger partial charge in [0.2, 0.25) is 11.2 Å². The van der Waals surface area contributed by atoms with Gasteiger partial charge < -0.3 is 14.6 Å². The molecule has 0 amide bonds. The van der Waals surface area contributed by atoms with Gasteiger partial charge in [-0.05, 0) is 27.2 Å². The molecular formula is C15H18F10O4. The first-order valence-corrected chi connectivity index (χ1v) is 8.00. The molecular weight excluding hydrogens is 434 g/mol. The highest BCUT2D eigenvalue weighted by Crippen LogP contribution is 2.61. The highest BCUT2D eigenvalue weighted by Gasteiger charge is 2.86. The van der Waals surface area contributed by atoms with Crippen LogP contribution in [0.25, 0.3) is 0 Å². The molecule has 1 N–H and O–H groups in total. The van der Waals surface area contributed by atoms with Gasteiger partial charge in [-0.3, -0.25) is 4.79 Å². The normalized spacial score (nSPS) is 33.7. The molecule has 1 saturated heterocycles. The number of carbonyl (C=O) groups is 1. The number of esters is 1. The molecule has 0 radical (unpaired) electrons. The Bertz CT molecular complexity index is 644. The standard InChI is InChI=1S/C15H18F10O4/c1-5-9(2,3)8(26)28-11(7(16)17)6-12(18,19)13(27,15(23,24)25)29-10(11,4)14(20,21)22/h7,27H,5-6H2,1-4H3. The maximum Gasteiger partial charge on any atom is 0.449 e. The van der Waals surface area contributed by atoms with E-state index in [1.165, 1.54) is 6.92 Å². The number of hydrogen-bond acceptors (Lipinski definition) is 4. The third-order valence-corrected chi connectivity index (χ3v) is 5.13. The van der Waals surface area contributed by atoms with E-state index >= 15 is 0 Å². The second kappa shape index (κ2) is 6.86. The Kier molecular flexibility index (Phi) is 6.08. The Morgan fingerprint density at radius 1 is 1.10 bits per heavy atom. The van der Waals surface area contributed by atoms with E-state index in [1.54, 1.807) is 0 Å². The SMILES string of the molecule is CCC(C)(C)C(=O)OC1(C(F)F)CC(F)(F)C(O)(C(F)(F)F)OC1(C)C(F)(F)F. The van der Waals surface area contributed by atoms with Gasteiger partial charge in [0, 0.05) is 0 Å². The first-order chi connectivity index (χ1) is 12.5. The molecule has 0 aliphatic carbocycles. The minimum atomic E-state index is -6.51. The topological polar surface area (TPSA) is 55.8 Å². The molecule has 1 heterocycles. The zero-order valence-electron chi connectivity index (χ0n) is 15.4. The van der Waals surface area contributed by atoms with Crippen molar-refractivity contribution in [2.24, 2.45) is 5.41 Å². The van der Waals surface area contributed by atoms with Crippen LogP contribution in [0.4, 0.5) is 43.9 Å². The van der Waals surface area contributed by atoms with Crippen LogP contribution in [0.5, 0.6) is 0 Å². The zero-order chi connectivity index (χ0) is 23.5. The van der Waals surface area contributed by atoms with Crippen LogP contribution < -0.4 is 0 Å². The van der Waals surface area contributed by atoms with Crippen LogP contribution in [0.2, 0.25) is 0 Å². The van der Waals surface area contributed by atoms with Gasteiger partial charge in [0.05, 0.1) is 11.8 Å². The van der Waals surface area contributed by atoms with Gasteiger partial charge in [0.25, 0.3) is 6.43 Å². The average molecular weight is 452 g/mol. The van der Waals surface area contributed by atoms with E-state index in [-0.39, 0.29) is 6.42 Å². The molecule has 0 aromatic carbocycles. The first-order valence-electron chi connectivity index (χ1n) is 8.00. The molecule has 172 valence electrons. The molecule has 1 aliphatic rings. The van der Waals surface area contributed by atoms with Crippen molar-refractivity contribution in [2.75, 3.05) is 0 Å². The quantitative estimate of drug-likeness (QED) is 0.501. The van der Waals surface area contributed by atoms with Crippen molar-refractivity contribution in [3.8, 4) is 0 Å². The zero-order valence-corrected chi connectivity index (χ0v) is 15.4. The molecule has 0 bridgehead atoms. The average Bonchev–Trinajstić information content (AvgIpc) is 2.49. The van der Waals surface area contributed by atoms with Crippen LogP contribution in [0.1, 0.15) is 40.5 Å². The minimum Gasteiger partial charge on any atom is -0.449 e. The molecule has 3 atom stereocenters. The summed E-state index contributed by atoms with van der Waals surface area (Å²) in [5.74, 6) is -13.3. The van der Waals surface area contributed by atoms with Crippen LogP contribution in [0, 0.1) is 5.41 Å². The predicted molar refractivity (Wildman–Crippen MR) is 75.0 cm³/mol. The third kappa shape index (κ3) is 3.66. The van der Waals surface area contributed by atoms with E-state index in [0.29, 0.717) is 0 Å². The Hall–Kier alpha value is -1.31. The maximum atomic E-state index is 14.2. The summed E-state index contributed by atoms with van der Waals surface area (Å²) in [6.45, 7) is 2.95. The number of alkyl halides is 10. The monoisotopic (exact) mass is 452 g/mol. The molecule has 4 nitrogen and oxygen atoms in total. The Labute approximate surface area is 158 Å². The van der Waals surface area contributed by atoms with Crippen molar-refractivity contribution in [3.63, 3.8) is 0 Å². The molecule has 1 fully saturated rings. The van der Waals surface area contributed by atoms with Crippen molar-refractivity contribution < 1.29 is 63.3 Å². The summed E-state index contributed by atoms with van der Waals surface area (Å²) in [4.78, 5) is 12.1. The number of ether oxygens (including phenoxy) is 2. The van der Waals surface area contributed by atoms with Crippen molar-refractivity contribution in [1.82, 2.24) is 0 Å². The summed E-state index contributed by atoms with van der Waals surface area (Å²) < 4.78 is 143. The Morgan fingerprint density at radius 2 is 1.55 bits per heavy atom. The lowest BCUT2D eigenvalue weighted by Crippen LogP contribution is -2.80. The fraction of sp³-hybridized carbons (Fsp3) is 0.933. The molecule has 0 spiro atoms. The lowest BCUT2D eigenvalue weighted by Gasteiger charge is -2.56. The van der Waals surface area contributed by atoms with E-state index in [9.17, 15) is 53.8 Å².